The summed E-state index contributed by atoms with van der Waals surface area (Å²) in [4.78, 5) is 0. The van der Waals surface area contributed by atoms with Crippen LogP contribution in [0.3, 0.4) is 0 Å². The molecule has 1 saturated heterocycles. The predicted molar refractivity (Wildman–Crippen MR) is 79.6 cm³/mol. The molecule has 1 nitrogen and oxygen atoms in total. The van der Waals surface area contributed by atoms with Crippen molar-refractivity contribution in [1.82, 2.24) is 0 Å². The molecule has 1 fully saturated rings. The fraction of sp³-hybridized carbons (Fsp3) is 0.375. The zero-order valence-electron chi connectivity index (χ0n) is 10.7. The zero-order chi connectivity index (χ0) is 12.4. The molecule has 0 spiro atoms. The average Bonchev–Trinajstić information content (AvgIpc) is 2.92. The molecule has 0 bridgehead atoms. The summed E-state index contributed by atoms with van der Waals surface area (Å²) in [5, 5.41) is 3.36. The second-order valence-corrected chi connectivity index (χ2v) is 5.98. The summed E-state index contributed by atoms with van der Waals surface area (Å²) in [7, 11) is 0. The summed E-state index contributed by atoms with van der Waals surface area (Å²) >= 11 is 2.09. The SMILES string of the molecule is CCOc1ccc2cccc(C3CCCS3)c2c1. The third kappa shape index (κ3) is 2.22. The van der Waals surface area contributed by atoms with E-state index in [1.165, 1.54) is 34.9 Å². The Labute approximate surface area is 113 Å². The van der Waals surface area contributed by atoms with Crippen molar-refractivity contribution in [2.24, 2.45) is 0 Å². The highest BCUT2D eigenvalue weighted by atomic mass is 32.2. The Morgan fingerprint density at radius 3 is 3.00 bits per heavy atom. The van der Waals surface area contributed by atoms with Crippen molar-refractivity contribution >= 4 is 22.5 Å². The van der Waals surface area contributed by atoms with Gasteiger partial charge in [-0.3, -0.25) is 0 Å². The van der Waals surface area contributed by atoms with Crippen molar-refractivity contribution in [2.45, 2.75) is 25.0 Å². The van der Waals surface area contributed by atoms with Crippen LogP contribution >= 0.6 is 11.8 Å². The number of fused-ring (bicyclic) bond motifs is 1. The van der Waals surface area contributed by atoms with Crippen LogP contribution in [0.2, 0.25) is 0 Å². The third-order valence-corrected chi connectivity index (χ3v) is 4.89. The molecule has 2 aromatic carbocycles. The maximum Gasteiger partial charge on any atom is 0.119 e. The van der Waals surface area contributed by atoms with Crippen molar-refractivity contribution in [3.63, 3.8) is 0 Å². The van der Waals surface area contributed by atoms with Gasteiger partial charge in [0.2, 0.25) is 0 Å². The van der Waals surface area contributed by atoms with Gasteiger partial charge in [-0.1, -0.05) is 24.3 Å². The summed E-state index contributed by atoms with van der Waals surface area (Å²) in [6.07, 6.45) is 2.65. The predicted octanol–water partition coefficient (Wildman–Crippen LogP) is 4.81. The van der Waals surface area contributed by atoms with Gasteiger partial charge in [-0.25, -0.2) is 0 Å². The average molecular weight is 258 g/mol. The first kappa shape index (κ1) is 11.9. The maximum atomic E-state index is 5.62. The van der Waals surface area contributed by atoms with Crippen molar-refractivity contribution in [3.05, 3.63) is 42.0 Å². The van der Waals surface area contributed by atoms with Gasteiger partial charge in [0.1, 0.15) is 5.75 Å². The first-order valence-electron chi connectivity index (χ1n) is 6.65. The van der Waals surface area contributed by atoms with Crippen LogP contribution in [-0.2, 0) is 0 Å². The first-order chi connectivity index (χ1) is 8.88. The quantitative estimate of drug-likeness (QED) is 0.781. The molecule has 0 aliphatic carbocycles. The molecule has 3 rings (SSSR count). The largest absolute Gasteiger partial charge is 0.494 e. The lowest BCUT2D eigenvalue weighted by atomic mass is 10.00. The number of ether oxygens (including phenoxy) is 1. The lowest BCUT2D eigenvalue weighted by Crippen LogP contribution is -1.94. The minimum Gasteiger partial charge on any atom is -0.494 e. The molecule has 0 radical (unpaired) electrons. The highest BCUT2D eigenvalue weighted by Crippen LogP contribution is 2.42. The molecule has 0 N–H and O–H groups in total. The van der Waals surface area contributed by atoms with E-state index in [4.69, 9.17) is 4.74 Å². The first-order valence-corrected chi connectivity index (χ1v) is 7.70. The van der Waals surface area contributed by atoms with E-state index in [-0.39, 0.29) is 0 Å². The van der Waals surface area contributed by atoms with E-state index in [9.17, 15) is 0 Å². The molecule has 0 saturated carbocycles. The van der Waals surface area contributed by atoms with E-state index in [1.54, 1.807) is 0 Å². The summed E-state index contributed by atoms with van der Waals surface area (Å²) in [6.45, 7) is 2.76. The summed E-state index contributed by atoms with van der Waals surface area (Å²) in [6, 6.07) is 13.1. The molecule has 1 atom stereocenters. The van der Waals surface area contributed by atoms with Crippen LogP contribution in [0.5, 0.6) is 5.75 Å². The molecule has 1 unspecified atom stereocenters. The maximum absolute atomic E-state index is 5.62. The Morgan fingerprint density at radius 1 is 1.28 bits per heavy atom. The summed E-state index contributed by atoms with van der Waals surface area (Å²) in [5.74, 6) is 2.28. The smallest absolute Gasteiger partial charge is 0.119 e. The minimum atomic E-state index is 0.672. The van der Waals surface area contributed by atoms with Crippen molar-refractivity contribution in [1.29, 1.82) is 0 Å². The fourth-order valence-electron chi connectivity index (χ4n) is 2.64. The van der Waals surface area contributed by atoms with Crippen LogP contribution in [0.4, 0.5) is 0 Å². The Balaban J connectivity index is 2.08. The molecule has 94 valence electrons. The third-order valence-electron chi connectivity index (χ3n) is 3.47. The van der Waals surface area contributed by atoms with Crippen LogP contribution in [0.1, 0.15) is 30.6 Å². The molecular formula is C16H18OS. The molecule has 1 aliphatic heterocycles. The Kier molecular flexibility index (Phi) is 3.46. The Morgan fingerprint density at radius 2 is 2.22 bits per heavy atom. The van der Waals surface area contributed by atoms with Gasteiger partial charge in [-0.05, 0) is 54.0 Å². The van der Waals surface area contributed by atoms with Gasteiger partial charge in [0.25, 0.3) is 0 Å². The van der Waals surface area contributed by atoms with E-state index in [1.807, 2.05) is 6.92 Å². The molecule has 2 aromatic rings. The summed E-state index contributed by atoms with van der Waals surface area (Å²) in [5.41, 5.74) is 1.48. The molecule has 18 heavy (non-hydrogen) atoms. The van der Waals surface area contributed by atoms with Crippen molar-refractivity contribution in [3.8, 4) is 5.75 Å². The second-order valence-electron chi connectivity index (χ2n) is 4.66. The number of hydrogen-bond donors (Lipinski definition) is 0. The van der Waals surface area contributed by atoms with E-state index in [2.05, 4.69) is 48.2 Å². The number of rotatable bonds is 3. The lowest BCUT2D eigenvalue weighted by Gasteiger charge is -2.13. The van der Waals surface area contributed by atoms with Crippen molar-refractivity contribution in [2.75, 3.05) is 12.4 Å². The number of hydrogen-bond acceptors (Lipinski definition) is 2. The molecule has 2 heteroatoms. The molecular weight excluding hydrogens is 240 g/mol. The molecule has 1 heterocycles. The topological polar surface area (TPSA) is 9.23 Å². The van der Waals surface area contributed by atoms with Gasteiger partial charge in [0.15, 0.2) is 0 Å². The van der Waals surface area contributed by atoms with E-state index < -0.39 is 0 Å². The Hall–Kier alpha value is -1.15. The normalized spacial score (nSPS) is 19.3. The van der Waals surface area contributed by atoms with Crippen LogP contribution < -0.4 is 4.74 Å². The Bertz CT molecular complexity index is 544. The highest BCUT2D eigenvalue weighted by Gasteiger charge is 2.19. The lowest BCUT2D eigenvalue weighted by molar-refractivity contribution is 0.340. The van der Waals surface area contributed by atoms with Gasteiger partial charge in [0, 0.05) is 5.25 Å². The zero-order valence-corrected chi connectivity index (χ0v) is 11.5. The van der Waals surface area contributed by atoms with Gasteiger partial charge in [-0.2, -0.15) is 11.8 Å². The molecule has 0 aromatic heterocycles. The number of thioether (sulfide) groups is 1. The second kappa shape index (κ2) is 5.23. The van der Waals surface area contributed by atoms with Gasteiger partial charge >= 0.3 is 0 Å². The van der Waals surface area contributed by atoms with Crippen LogP contribution in [0.25, 0.3) is 10.8 Å². The van der Waals surface area contributed by atoms with E-state index >= 15 is 0 Å². The standard InChI is InChI=1S/C16H18OS/c1-2-17-13-9-8-12-5-3-6-14(15(12)11-13)16-7-4-10-18-16/h3,5-6,8-9,11,16H,2,4,7,10H2,1H3. The number of benzene rings is 2. The fourth-order valence-corrected chi connectivity index (χ4v) is 3.97. The molecule has 1 aliphatic rings. The van der Waals surface area contributed by atoms with E-state index in [0.29, 0.717) is 5.25 Å². The van der Waals surface area contributed by atoms with Crippen LogP contribution in [-0.4, -0.2) is 12.4 Å². The summed E-state index contributed by atoms with van der Waals surface area (Å²) < 4.78 is 5.62. The van der Waals surface area contributed by atoms with Gasteiger partial charge in [0.05, 0.1) is 6.61 Å². The molecule has 0 amide bonds. The van der Waals surface area contributed by atoms with Crippen LogP contribution in [0, 0.1) is 0 Å². The van der Waals surface area contributed by atoms with Crippen LogP contribution in [0.15, 0.2) is 36.4 Å². The highest BCUT2D eigenvalue weighted by molar-refractivity contribution is 7.99. The van der Waals surface area contributed by atoms with Crippen molar-refractivity contribution < 1.29 is 4.74 Å². The monoisotopic (exact) mass is 258 g/mol. The van der Waals surface area contributed by atoms with Gasteiger partial charge in [-0.15, -0.1) is 0 Å². The van der Waals surface area contributed by atoms with E-state index in [0.717, 1.165) is 12.4 Å². The van der Waals surface area contributed by atoms with Gasteiger partial charge < -0.3 is 4.74 Å². The minimum absolute atomic E-state index is 0.672.